The summed E-state index contributed by atoms with van der Waals surface area (Å²) in [6.07, 6.45) is -0.610. The van der Waals surface area contributed by atoms with Crippen LogP contribution in [0.1, 0.15) is 22.8 Å². The van der Waals surface area contributed by atoms with Gasteiger partial charge in [-0.25, -0.2) is 4.39 Å². The minimum Gasteiger partial charge on any atom is -0.496 e. The summed E-state index contributed by atoms with van der Waals surface area (Å²) in [5.74, 6) is 0.565. The van der Waals surface area contributed by atoms with Gasteiger partial charge in [0, 0.05) is 25.2 Å². The maximum absolute atomic E-state index is 13.2. The topological polar surface area (TPSA) is 32.7 Å². The summed E-state index contributed by atoms with van der Waals surface area (Å²) < 4.78 is 18.7. The van der Waals surface area contributed by atoms with Crippen LogP contribution in [0.5, 0.6) is 5.75 Å². The van der Waals surface area contributed by atoms with E-state index in [0.29, 0.717) is 19.6 Å². The number of hydrogen-bond acceptors (Lipinski definition) is 3. The first-order valence-corrected chi connectivity index (χ1v) is 8.97. The summed E-state index contributed by atoms with van der Waals surface area (Å²) in [5.41, 5.74) is 2.91. The van der Waals surface area contributed by atoms with Gasteiger partial charge in [0.2, 0.25) is 0 Å². The van der Waals surface area contributed by atoms with Crippen molar-refractivity contribution in [3.63, 3.8) is 0 Å². The Morgan fingerprint density at radius 2 is 1.56 bits per heavy atom. The highest BCUT2D eigenvalue weighted by Crippen LogP contribution is 2.23. The van der Waals surface area contributed by atoms with Gasteiger partial charge < -0.3 is 9.84 Å². The van der Waals surface area contributed by atoms with Crippen molar-refractivity contribution in [3.8, 4) is 5.75 Å². The van der Waals surface area contributed by atoms with E-state index in [1.165, 1.54) is 12.1 Å². The monoisotopic (exact) mass is 365 g/mol. The summed E-state index contributed by atoms with van der Waals surface area (Å²) in [6, 6.07) is 24.0. The molecule has 0 bridgehead atoms. The Morgan fingerprint density at radius 1 is 0.889 bits per heavy atom. The molecule has 0 aliphatic carbocycles. The quantitative estimate of drug-likeness (QED) is 0.635. The Morgan fingerprint density at radius 3 is 2.26 bits per heavy atom. The molecule has 3 aromatic carbocycles. The number of ether oxygens (including phenoxy) is 1. The lowest BCUT2D eigenvalue weighted by molar-refractivity contribution is 0.104. The first-order valence-electron chi connectivity index (χ1n) is 8.97. The number of aliphatic hydroxyl groups is 1. The van der Waals surface area contributed by atoms with Crippen LogP contribution in [0.3, 0.4) is 0 Å². The second-order valence-electron chi connectivity index (χ2n) is 6.53. The third-order valence-electron chi connectivity index (χ3n) is 4.52. The third-order valence-corrected chi connectivity index (χ3v) is 4.52. The van der Waals surface area contributed by atoms with Gasteiger partial charge in [-0.1, -0.05) is 60.7 Å². The van der Waals surface area contributed by atoms with E-state index >= 15 is 0 Å². The van der Waals surface area contributed by atoms with Gasteiger partial charge in [-0.15, -0.1) is 0 Å². The molecule has 0 aliphatic heterocycles. The molecule has 1 N–H and O–H groups in total. The van der Waals surface area contributed by atoms with Gasteiger partial charge in [0.25, 0.3) is 0 Å². The van der Waals surface area contributed by atoms with Crippen LogP contribution >= 0.6 is 0 Å². The number of methoxy groups -OCH3 is 1. The molecule has 0 amide bonds. The van der Waals surface area contributed by atoms with Crippen LogP contribution in [0.25, 0.3) is 0 Å². The van der Waals surface area contributed by atoms with Crippen molar-refractivity contribution in [1.29, 1.82) is 0 Å². The Kier molecular flexibility index (Phi) is 6.58. The molecule has 0 aromatic heterocycles. The molecule has 4 heteroatoms. The molecule has 1 unspecified atom stereocenters. The molecule has 0 heterocycles. The maximum Gasteiger partial charge on any atom is 0.123 e. The second kappa shape index (κ2) is 9.31. The van der Waals surface area contributed by atoms with Crippen molar-refractivity contribution in [2.45, 2.75) is 19.2 Å². The Labute approximate surface area is 159 Å². The van der Waals surface area contributed by atoms with E-state index in [0.717, 1.165) is 22.4 Å². The number of nitrogens with zero attached hydrogens (tertiary/aromatic N) is 1. The molecule has 0 radical (unpaired) electrons. The highest BCUT2D eigenvalue weighted by atomic mass is 19.1. The fourth-order valence-corrected chi connectivity index (χ4v) is 3.13. The molecular formula is C23H24FNO2. The molecule has 1 atom stereocenters. The van der Waals surface area contributed by atoms with E-state index in [9.17, 15) is 9.50 Å². The fourth-order valence-electron chi connectivity index (χ4n) is 3.13. The molecule has 3 rings (SSSR count). The SMILES string of the molecule is COc1ccccc1CN(Cc1ccc(F)cc1)CC(O)c1ccccc1. The smallest absolute Gasteiger partial charge is 0.123 e. The van der Waals surface area contributed by atoms with Crippen LogP contribution in [0.15, 0.2) is 78.9 Å². The zero-order valence-corrected chi connectivity index (χ0v) is 15.4. The first-order chi connectivity index (χ1) is 13.2. The molecular weight excluding hydrogens is 341 g/mol. The zero-order valence-electron chi connectivity index (χ0n) is 15.4. The van der Waals surface area contributed by atoms with Gasteiger partial charge in [0.1, 0.15) is 11.6 Å². The highest BCUT2D eigenvalue weighted by molar-refractivity contribution is 5.33. The minimum atomic E-state index is -0.610. The number of hydrogen-bond donors (Lipinski definition) is 1. The average molecular weight is 365 g/mol. The molecule has 0 saturated heterocycles. The lowest BCUT2D eigenvalue weighted by atomic mass is 10.1. The van der Waals surface area contributed by atoms with E-state index in [4.69, 9.17) is 4.74 Å². The predicted octanol–water partition coefficient (Wildman–Crippen LogP) is 4.57. The minimum absolute atomic E-state index is 0.251. The van der Waals surface area contributed by atoms with Crippen molar-refractivity contribution in [2.24, 2.45) is 0 Å². The second-order valence-corrected chi connectivity index (χ2v) is 6.53. The van der Waals surface area contributed by atoms with Gasteiger partial charge in [0.05, 0.1) is 13.2 Å². The molecule has 0 aliphatic rings. The van der Waals surface area contributed by atoms with Crippen LogP contribution in [-0.4, -0.2) is 23.7 Å². The van der Waals surface area contributed by atoms with Gasteiger partial charge in [0.15, 0.2) is 0 Å². The molecule has 3 aromatic rings. The fraction of sp³-hybridized carbons (Fsp3) is 0.217. The largest absolute Gasteiger partial charge is 0.496 e. The van der Waals surface area contributed by atoms with E-state index < -0.39 is 6.10 Å². The van der Waals surface area contributed by atoms with Crippen LogP contribution in [-0.2, 0) is 13.1 Å². The first kappa shape index (κ1) is 19.1. The summed E-state index contributed by atoms with van der Waals surface area (Å²) in [4.78, 5) is 2.14. The van der Waals surface area contributed by atoms with Crippen molar-refractivity contribution in [1.82, 2.24) is 4.90 Å². The molecule has 140 valence electrons. The Balaban J connectivity index is 1.80. The van der Waals surface area contributed by atoms with E-state index in [-0.39, 0.29) is 5.82 Å². The Bertz CT molecular complexity index is 837. The van der Waals surface area contributed by atoms with E-state index in [1.807, 2.05) is 54.6 Å². The summed E-state index contributed by atoms with van der Waals surface area (Å²) in [6.45, 7) is 1.67. The molecule has 3 nitrogen and oxygen atoms in total. The van der Waals surface area contributed by atoms with Gasteiger partial charge in [-0.2, -0.15) is 0 Å². The van der Waals surface area contributed by atoms with Crippen molar-refractivity contribution < 1.29 is 14.2 Å². The average Bonchev–Trinajstić information content (AvgIpc) is 2.70. The van der Waals surface area contributed by atoms with Crippen molar-refractivity contribution >= 4 is 0 Å². The number of para-hydroxylation sites is 1. The van der Waals surface area contributed by atoms with Gasteiger partial charge in [-0.05, 0) is 29.3 Å². The predicted molar refractivity (Wildman–Crippen MR) is 105 cm³/mol. The number of aliphatic hydroxyl groups excluding tert-OH is 1. The van der Waals surface area contributed by atoms with Gasteiger partial charge >= 0.3 is 0 Å². The summed E-state index contributed by atoms with van der Waals surface area (Å²) in [5, 5.41) is 10.7. The van der Waals surface area contributed by atoms with E-state index in [1.54, 1.807) is 19.2 Å². The standard InChI is InChI=1S/C23H24FNO2/c1-27-23-10-6-5-9-20(23)16-25(15-18-11-13-21(24)14-12-18)17-22(26)19-7-3-2-4-8-19/h2-14,22,26H,15-17H2,1H3. The molecule has 0 saturated carbocycles. The van der Waals surface area contributed by atoms with Crippen LogP contribution < -0.4 is 4.74 Å². The highest BCUT2D eigenvalue weighted by Gasteiger charge is 2.16. The lowest BCUT2D eigenvalue weighted by Gasteiger charge is -2.26. The van der Waals surface area contributed by atoms with Crippen molar-refractivity contribution in [3.05, 3.63) is 101 Å². The zero-order chi connectivity index (χ0) is 19.1. The maximum atomic E-state index is 13.2. The normalized spacial score (nSPS) is 12.1. The summed E-state index contributed by atoms with van der Waals surface area (Å²) >= 11 is 0. The number of benzene rings is 3. The molecule has 27 heavy (non-hydrogen) atoms. The Hall–Kier alpha value is -2.69. The van der Waals surface area contributed by atoms with Crippen LogP contribution in [0.4, 0.5) is 4.39 Å². The number of rotatable bonds is 8. The van der Waals surface area contributed by atoms with E-state index in [2.05, 4.69) is 4.90 Å². The summed E-state index contributed by atoms with van der Waals surface area (Å²) in [7, 11) is 1.65. The molecule has 0 spiro atoms. The van der Waals surface area contributed by atoms with Crippen molar-refractivity contribution in [2.75, 3.05) is 13.7 Å². The van der Waals surface area contributed by atoms with Gasteiger partial charge in [-0.3, -0.25) is 4.90 Å². The van der Waals surface area contributed by atoms with Crippen LogP contribution in [0, 0.1) is 5.82 Å². The lowest BCUT2D eigenvalue weighted by Crippen LogP contribution is -2.28. The number of halogens is 1. The third kappa shape index (κ3) is 5.39. The van der Waals surface area contributed by atoms with Crippen LogP contribution in [0.2, 0.25) is 0 Å². The molecule has 0 fully saturated rings.